The van der Waals surface area contributed by atoms with Gasteiger partial charge in [0.25, 0.3) is 11.5 Å². The molecule has 4 aromatic rings. The number of likely N-dealkylation sites (tertiary alicyclic amines) is 1. The molecular formula is C31H35N4O2+. The average Bonchev–Trinajstić information content (AvgIpc) is 3.38. The number of carbonyl (C=O) groups excluding carboxylic acids is 1. The third-order valence-electron chi connectivity index (χ3n) is 7.93. The van der Waals surface area contributed by atoms with Gasteiger partial charge in [0.05, 0.1) is 31.2 Å². The molecule has 0 radical (unpaired) electrons. The fraction of sp³-hybridized carbons (Fsp3) is 0.323. The molecule has 5 rings (SSSR count). The van der Waals surface area contributed by atoms with Crippen molar-refractivity contribution in [2.24, 2.45) is 5.73 Å². The number of fused-ring (bicyclic) bond motifs is 1. The van der Waals surface area contributed by atoms with E-state index in [1.165, 1.54) is 0 Å². The molecule has 1 saturated heterocycles. The van der Waals surface area contributed by atoms with Crippen molar-refractivity contribution in [3.05, 3.63) is 111 Å². The number of nitrogens with two attached hydrogens (primary N) is 1. The number of hydrogen-bond acceptors (Lipinski definition) is 3. The van der Waals surface area contributed by atoms with E-state index in [-0.39, 0.29) is 17.4 Å². The SMILES string of the molecule is CCC(C[N+]1(c2c(C)cccc2C(N)=O)CCCC1)c1nc2ccccn2c(=O)c1Cc1ccccc1. The monoisotopic (exact) mass is 495 g/mol. The van der Waals surface area contributed by atoms with Gasteiger partial charge in [0.1, 0.15) is 16.9 Å². The number of primary amides is 1. The van der Waals surface area contributed by atoms with E-state index < -0.39 is 0 Å². The van der Waals surface area contributed by atoms with Gasteiger partial charge in [-0.15, -0.1) is 0 Å². The van der Waals surface area contributed by atoms with Crippen molar-refractivity contribution < 1.29 is 4.79 Å². The molecule has 1 atom stereocenters. The Hall–Kier alpha value is -3.77. The average molecular weight is 496 g/mol. The topological polar surface area (TPSA) is 77.5 Å². The first kappa shape index (κ1) is 24.9. The molecule has 3 heterocycles. The zero-order valence-electron chi connectivity index (χ0n) is 21.7. The van der Waals surface area contributed by atoms with Crippen LogP contribution in [0.25, 0.3) is 5.65 Å². The predicted octanol–water partition coefficient (Wildman–Crippen LogP) is 4.99. The summed E-state index contributed by atoms with van der Waals surface area (Å²) in [5.74, 6) is -0.335. The number of aryl methyl sites for hydroxylation is 1. The largest absolute Gasteiger partial charge is 0.365 e. The lowest BCUT2D eigenvalue weighted by Crippen LogP contribution is -2.51. The van der Waals surface area contributed by atoms with Crippen molar-refractivity contribution in [3.63, 3.8) is 0 Å². The summed E-state index contributed by atoms with van der Waals surface area (Å²) in [6.07, 6.45) is 5.36. The van der Waals surface area contributed by atoms with Crippen LogP contribution in [0.4, 0.5) is 5.69 Å². The maximum Gasteiger partial charge on any atom is 0.261 e. The Morgan fingerprint density at radius 3 is 2.46 bits per heavy atom. The summed E-state index contributed by atoms with van der Waals surface area (Å²) in [7, 11) is 0. The van der Waals surface area contributed by atoms with Crippen LogP contribution in [0.2, 0.25) is 0 Å². The molecule has 6 heteroatoms. The molecule has 2 aromatic carbocycles. The summed E-state index contributed by atoms with van der Waals surface area (Å²) in [6, 6.07) is 21.6. The van der Waals surface area contributed by atoms with Gasteiger partial charge in [0.15, 0.2) is 0 Å². The Labute approximate surface area is 218 Å². The number of amides is 1. The van der Waals surface area contributed by atoms with Gasteiger partial charge >= 0.3 is 0 Å². The Bertz CT molecular complexity index is 1490. The van der Waals surface area contributed by atoms with E-state index in [9.17, 15) is 9.59 Å². The van der Waals surface area contributed by atoms with Crippen molar-refractivity contribution in [1.82, 2.24) is 13.9 Å². The number of carbonyl (C=O) groups is 1. The molecule has 0 saturated carbocycles. The van der Waals surface area contributed by atoms with E-state index in [0.29, 0.717) is 22.1 Å². The number of hydrogen-bond donors (Lipinski definition) is 1. The van der Waals surface area contributed by atoms with E-state index in [4.69, 9.17) is 10.7 Å². The Kier molecular flexibility index (Phi) is 6.94. The number of rotatable bonds is 8. The van der Waals surface area contributed by atoms with Gasteiger partial charge in [-0.2, -0.15) is 0 Å². The molecule has 1 aliphatic heterocycles. The second-order valence-corrected chi connectivity index (χ2v) is 10.3. The van der Waals surface area contributed by atoms with E-state index in [1.807, 2.05) is 48.5 Å². The highest BCUT2D eigenvalue weighted by atomic mass is 16.1. The third-order valence-corrected chi connectivity index (χ3v) is 7.93. The van der Waals surface area contributed by atoms with Gasteiger partial charge in [0, 0.05) is 36.6 Å². The molecule has 6 nitrogen and oxygen atoms in total. The fourth-order valence-electron chi connectivity index (χ4n) is 6.20. The third kappa shape index (κ3) is 4.69. The zero-order chi connectivity index (χ0) is 26.0. The smallest absolute Gasteiger partial charge is 0.261 e. The zero-order valence-corrected chi connectivity index (χ0v) is 21.7. The second-order valence-electron chi connectivity index (χ2n) is 10.3. The molecule has 1 aliphatic rings. The quantitative estimate of drug-likeness (QED) is 0.350. The van der Waals surface area contributed by atoms with Crippen LogP contribution in [0.3, 0.4) is 0 Å². The summed E-state index contributed by atoms with van der Waals surface area (Å²) in [4.78, 5) is 31.4. The molecule has 0 spiro atoms. The van der Waals surface area contributed by atoms with Gasteiger partial charge < -0.3 is 5.73 Å². The highest BCUT2D eigenvalue weighted by Gasteiger charge is 2.41. The van der Waals surface area contributed by atoms with Crippen molar-refractivity contribution in [2.45, 2.75) is 45.4 Å². The first-order chi connectivity index (χ1) is 17.9. The first-order valence-corrected chi connectivity index (χ1v) is 13.2. The number of quaternary nitrogens is 1. The van der Waals surface area contributed by atoms with Crippen LogP contribution >= 0.6 is 0 Å². The molecule has 1 unspecified atom stereocenters. The standard InChI is InChI=1S/C31H34N4O2/c1-3-24(21-35(18-9-10-19-35)29-22(2)12-11-15-25(29)30(32)36)28-26(20-23-13-5-4-6-14-23)31(37)34-17-8-7-16-27(34)33-28/h4-8,11-17,24H,3,9-10,18-21H2,1-2H3,(H-,32,36)/p+1. The number of para-hydroxylation sites is 1. The Morgan fingerprint density at radius 1 is 1.03 bits per heavy atom. The maximum atomic E-state index is 13.8. The van der Waals surface area contributed by atoms with Crippen LogP contribution in [-0.4, -0.2) is 34.9 Å². The van der Waals surface area contributed by atoms with Crippen LogP contribution in [0.1, 0.15) is 64.8 Å². The number of aromatic nitrogens is 2. The van der Waals surface area contributed by atoms with Gasteiger partial charge in [-0.3, -0.25) is 18.5 Å². The van der Waals surface area contributed by atoms with Crippen LogP contribution in [-0.2, 0) is 6.42 Å². The molecule has 2 N–H and O–H groups in total. The second kappa shape index (κ2) is 10.3. The minimum Gasteiger partial charge on any atom is -0.365 e. The van der Waals surface area contributed by atoms with Crippen LogP contribution < -0.4 is 15.8 Å². The van der Waals surface area contributed by atoms with Crippen molar-refractivity contribution in [3.8, 4) is 0 Å². The minimum atomic E-state index is -0.386. The molecule has 1 amide bonds. The molecule has 2 aromatic heterocycles. The Morgan fingerprint density at radius 2 is 1.76 bits per heavy atom. The normalized spacial score (nSPS) is 15.6. The summed E-state index contributed by atoms with van der Waals surface area (Å²) in [5, 5.41) is 0. The van der Waals surface area contributed by atoms with Gasteiger partial charge in [-0.05, 0) is 37.1 Å². The van der Waals surface area contributed by atoms with Gasteiger partial charge in [-0.25, -0.2) is 4.98 Å². The maximum absolute atomic E-state index is 13.8. The van der Waals surface area contributed by atoms with Crippen molar-refractivity contribution in [2.75, 3.05) is 19.6 Å². The minimum absolute atomic E-state index is 0.00964. The van der Waals surface area contributed by atoms with E-state index in [1.54, 1.807) is 10.6 Å². The first-order valence-electron chi connectivity index (χ1n) is 13.2. The fourth-order valence-corrected chi connectivity index (χ4v) is 6.20. The summed E-state index contributed by atoms with van der Waals surface area (Å²) in [5.41, 5.74) is 12.0. The number of benzene rings is 2. The van der Waals surface area contributed by atoms with E-state index >= 15 is 0 Å². The highest BCUT2D eigenvalue weighted by molar-refractivity contribution is 5.99. The van der Waals surface area contributed by atoms with Crippen molar-refractivity contribution in [1.29, 1.82) is 0 Å². The highest BCUT2D eigenvalue weighted by Crippen LogP contribution is 2.39. The lowest BCUT2D eigenvalue weighted by molar-refractivity contribution is 0.0998. The van der Waals surface area contributed by atoms with E-state index in [2.05, 4.69) is 32.0 Å². The van der Waals surface area contributed by atoms with Crippen LogP contribution in [0, 0.1) is 6.92 Å². The number of pyridine rings is 1. The number of nitrogens with zero attached hydrogens (tertiary/aromatic N) is 3. The van der Waals surface area contributed by atoms with E-state index in [0.717, 1.165) is 67.0 Å². The van der Waals surface area contributed by atoms with Crippen LogP contribution in [0.5, 0.6) is 0 Å². The van der Waals surface area contributed by atoms with Gasteiger partial charge in [0.2, 0.25) is 0 Å². The Balaban J connectivity index is 1.66. The lowest BCUT2D eigenvalue weighted by Gasteiger charge is -2.38. The molecular weight excluding hydrogens is 460 g/mol. The summed E-state index contributed by atoms with van der Waals surface area (Å²) in [6.45, 7) is 6.91. The molecule has 37 heavy (non-hydrogen) atoms. The van der Waals surface area contributed by atoms with Crippen LogP contribution in [0.15, 0.2) is 77.7 Å². The van der Waals surface area contributed by atoms with Crippen molar-refractivity contribution >= 4 is 17.2 Å². The summed E-state index contributed by atoms with van der Waals surface area (Å²) < 4.78 is 2.35. The predicted molar refractivity (Wildman–Crippen MR) is 149 cm³/mol. The molecule has 0 aliphatic carbocycles. The lowest BCUT2D eigenvalue weighted by atomic mass is 9.92. The molecule has 1 fully saturated rings. The van der Waals surface area contributed by atoms with Gasteiger partial charge in [-0.1, -0.05) is 55.5 Å². The molecule has 190 valence electrons. The summed E-state index contributed by atoms with van der Waals surface area (Å²) >= 11 is 0. The molecule has 0 bridgehead atoms.